The van der Waals surface area contributed by atoms with Gasteiger partial charge in [-0.2, -0.15) is 0 Å². The second-order valence-corrected chi connectivity index (χ2v) is 5.86. The minimum Gasteiger partial charge on any atom is -0.310 e. The predicted octanol–water partition coefficient (Wildman–Crippen LogP) is 4.31. The molecule has 1 aliphatic rings. The Morgan fingerprint density at radius 1 is 1.00 bits per heavy atom. The van der Waals surface area contributed by atoms with Crippen LogP contribution in [-0.2, 0) is 13.0 Å². The van der Waals surface area contributed by atoms with E-state index in [1.165, 1.54) is 43.2 Å². The molecule has 1 aromatic carbocycles. The van der Waals surface area contributed by atoms with Gasteiger partial charge in [-0.3, -0.25) is 0 Å². The van der Waals surface area contributed by atoms with Crippen molar-refractivity contribution in [3.05, 3.63) is 35.4 Å². The first-order valence-corrected chi connectivity index (χ1v) is 7.59. The first-order chi connectivity index (χ1) is 8.78. The second kappa shape index (κ2) is 6.94. The van der Waals surface area contributed by atoms with Gasteiger partial charge >= 0.3 is 0 Å². The molecule has 2 unspecified atom stereocenters. The molecule has 0 spiro atoms. The third-order valence-corrected chi connectivity index (χ3v) is 4.28. The Morgan fingerprint density at radius 2 is 1.72 bits per heavy atom. The second-order valence-electron chi connectivity index (χ2n) is 5.86. The van der Waals surface area contributed by atoms with Gasteiger partial charge in [0.25, 0.3) is 0 Å². The normalized spacial score (nSPS) is 24.8. The largest absolute Gasteiger partial charge is 0.310 e. The van der Waals surface area contributed by atoms with Crippen LogP contribution in [0.4, 0.5) is 0 Å². The highest BCUT2D eigenvalue weighted by Gasteiger charge is 2.15. The van der Waals surface area contributed by atoms with E-state index in [0.29, 0.717) is 0 Å². The molecule has 100 valence electrons. The zero-order valence-electron chi connectivity index (χ0n) is 11.9. The molecule has 1 N–H and O–H groups in total. The fourth-order valence-corrected chi connectivity index (χ4v) is 2.85. The summed E-state index contributed by atoms with van der Waals surface area (Å²) in [6.07, 6.45) is 8.06. The molecule has 18 heavy (non-hydrogen) atoms. The molecule has 1 fully saturated rings. The Labute approximate surface area is 112 Å². The lowest BCUT2D eigenvalue weighted by Gasteiger charge is -2.16. The molecule has 0 heterocycles. The summed E-state index contributed by atoms with van der Waals surface area (Å²) in [5.74, 6) is 0.931. The van der Waals surface area contributed by atoms with Crippen molar-refractivity contribution >= 4 is 0 Å². The lowest BCUT2D eigenvalue weighted by Crippen LogP contribution is -2.27. The van der Waals surface area contributed by atoms with Gasteiger partial charge in [0.05, 0.1) is 0 Å². The summed E-state index contributed by atoms with van der Waals surface area (Å²) < 4.78 is 0. The maximum atomic E-state index is 3.74. The SMILES string of the molecule is CCc1ccc(CNC2CCCC(C)CC2)cc1. The van der Waals surface area contributed by atoms with E-state index in [0.717, 1.165) is 24.9 Å². The van der Waals surface area contributed by atoms with Crippen LogP contribution in [0.15, 0.2) is 24.3 Å². The number of hydrogen-bond acceptors (Lipinski definition) is 1. The highest BCUT2D eigenvalue weighted by molar-refractivity contribution is 5.22. The van der Waals surface area contributed by atoms with Crippen LogP contribution in [0.3, 0.4) is 0 Å². The summed E-state index contributed by atoms with van der Waals surface area (Å²) in [5, 5.41) is 3.74. The Morgan fingerprint density at radius 3 is 2.44 bits per heavy atom. The van der Waals surface area contributed by atoms with Crippen molar-refractivity contribution in [2.24, 2.45) is 5.92 Å². The lowest BCUT2D eigenvalue weighted by atomic mass is 10.0. The maximum absolute atomic E-state index is 3.74. The minimum atomic E-state index is 0.737. The summed E-state index contributed by atoms with van der Waals surface area (Å²) in [6.45, 7) is 5.63. The maximum Gasteiger partial charge on any atom is 0.0208 e. The molecule has 0 aliphatic heterocycles. The van der Waals surface area contributed by atoms with Gasteiger partial charge in [-0.05, 0) is 42.7 Å². The fraction of sp³-hybridized carbons (Fsp3) is 0.647. The number of rotatable bonds is 4. The van der Waals surface area contributed by atoms with E-state index in [4.69, 9.17) is 0 Å². The van der Waals surface area contributed by atoms with Crippen molar-refractivity contribution in [2.45, 2.75) is 65.0 Å². The first-order valence-electron chi connectivity index (χ1n) is 7.59. The van der Waals surface area contributed by atoms with Crippen LogP contribution in [0.5, 0.6) is 0 Å². The zero-order valence-corrected chi connectivity index (χ0v) is 11.9. The van der Waals surface area contributed by atoms with Gasteiger partial charge in [0, 0.05) is 12.6 Å². The van der Waals surface area contributed by atoms with Crippen LogP contribution in [-0.4, -0.2) is 6.04 Å². The molecule has 1 aromatic rings. The van der Waals surface area contributed by atoms with Crippen molar-refractivity contribution in [2.75, 3.05) is 0 Å². The molecule has 1 aliphatic carbocycles. The van der Waals surface area contributed by atoms with Crippen LogP contribution < -0.4 is 5.32 Å². The summed E-state index contributed by atoms with van der Waals surface area (Å²) >= 11 is 0. The first kappa shape index (κ1) is 13.6. The lowest BCUT2D eigenvalue weighted by molar-refractivity contribution is 0.447. The average molecular weight is 245 g/mol. The third kappa shape index (κ3) is 4.13. The summed E-state index contributed by atoms with van der Waals surface area (Å²) in [7, 11) is 0. The van der Waals surface area contributed by atoms with Gasteiger partial charge in [0.1, 0.15) is 0 Å². The van der Waals surface area contributed by atoms with Gasteiger partial charge < -0.3 is 5.32 Å². The van der Waals surface area contributed by atoms with E-state index < -0.39 is 0 Å². The van der Waals surface area contributed by atoms with Gasteiger partial charge in [0.2, 0.25) is 0 Å². The Balaban J connectivity index is 1.79. The smallest absolute Gasteiger partial charge is 0.0208 e. The number of hydrogen-bond donors (Lipinski definition) is 1. The van der Waals surface area contributed by atoms with E-state index in [9.17, 15) is 0 Å². The molecule has 0 radical (unpaired) electrons. The quantitative estimate of drug-likeness (QED) is 0.780. The third-order valence-electron chi connectivity index (χ3n) is 4.28. The molecule has 0 saturated heterocycles. The molecule has 0 amide bonds. The fourth-order valence-electron chi connectivity index (χ4n) is 2.85. The molecule has 1 saturated carbocycles. The van der Waals surface area contributed by atoms with Crippen LogP contribution in [0, 0.1) is 5.92 Å². The summed E-state index contributed by atoms with van der Waals surface area (Å²) in [4.78, 5) is 0. The van der Waals surface area contributed by atoms with Crippen LogP contribution in [0.2, 0.25) is 0 Å². The van der Waals surface area contributed by atoms with Crippen molar-refractivity contribution in [1.82, 2.24) is 5.32 Å². The van der Waals surface area contributed by atoms with Crippen molar-refractivity contribution in [3.8, 4) is 0 Å². The highest BCUT2D eigenvalue weighted by Crippen LogP contribution is 2.22. The van der Waals surface area contributed by atoms with Crippen molar-refractivity contribution in [1.29, 1.82) is 0 Å². The van der Waals surface area contributed by atoms with E-state index in [1.807, 2.05) is 0 Å². The number of benzene rings is 1. The van der Waals surface area contributed by atoms with Crippen LogP contribution in [0.1, 0.15) is 57.1 Å². The van der Waals surface area contributed by atoms with E-state index >= 15 is 0 Å². The van der Waals surface area contributed by atoms with Crippen molar-refractivity contribution in [3.63, 3.8) is 0 Å². The Hall–Kier alpha value is -0.820. The minimum absolute atomic E-state index is 0.737. The highest BCUT2D eigenvalue weighted by atomic mass is 14.9. The van der Waals surface area contributed by atoms with Gasteiger partial charge in [-0.15, -0.1) is 0 Å². The van der Waals surface area contributed by atoms with Crippen LogP contribution >= 0.6 is 0 Å². The summed E-state index contributed by atoms with van der Waals surface area (Å²) in [5.41, 5.74) is 2.85. The van der Waals surface area contributed by atoms with Gasteiger partial charge in [-0.1, -0.05) is 51.0 Å². The topological polar surface area (TPSA) is 12.0 Å². The molecule has 2 atom stereocenters. The monoisotopic (exact) mass is 245 g/mol. The van der Waals surface area contributed by atoms with Crippen molar-refractivity contribution < 1.29 is 0 Å². The Kier molecular flexibility index (Phi) is 5.25. The van der Waals surface area contributed by atoms with E-state index in [1.54, 1.807) is 0 Å². The summed E-state index contributed by atoms with van der Waals surface area (Å²) in [6, 6.07) is 9.79. The molecular weight excluding hydrogens is 218 g/mol. The van der Waals surface area contributed by atoms with Gasteiger partial charge in [0.15, 0.2) is 0 Å². The van der Waals surface area contributed by atoms with E-state index in [2.05, 4.69) is 43.4 Å². The Bertz CT molecular complexity index is 341. The number of nitrogens with one attached hydrogen (secondary N) is 1. The average Bonchev–Trinajstić information content (AvgIpc) is 2.62. The molecule has 2 rings (SSSR count). The molecule has 0 aromatic heterocycles. The van der Waals surface area contributed by atoms with Crippen LogP contribution in [0.25, 0.3) is 0 Å². The predicted molar refractivity (Wildman–Crippen MR) is 78.7 cm³/mol. The van der Waals surface area contributed by atoms with Gasteiger partial charge in [-0.25, -0.2) is 0 Å². The zero-order chi connectivity index (χ0) is 12.8. The van der Waals surface area contributed by atoms with E-state index in [-0.39, 0.29) is 0 Å². The molecule has 1 heteroatoms. The standard InChI is InChI=1S/C17H27N/c1-3-15-8-10-16(11-9-15)13-18-17-6-4-5-14(2)7-12-17/h8-11,14,17-18H,3-7,12-13H2,1-2H3. The molecule has 1 nitrogen and oxygen atoms in total. The molecular formula is C17H27N. The molecule has 0 bridgehead atoms. The number of aryl methyl sites for hydroxylation is 1.